The molecule has 0 aliphatic carbocycles. The number of nitrogens with zero attached hydrogens (tertiary/aromatic N) is 2. The summed E-state index contributed by atoms with van der Waals surface area (Å²) in [6.45, 7) is 3.53. The van der Waals surface area contributed by atoms with Crippen LogP contribution in [0.15, 0.2) is 27.3 Å². The van der Waals surface area contributed by atoms with E-state index in [0.29, 0.717) is 16.4 Å². The summed E-state index contributed by atoms with van der Waals surface area (Å²) >= 11 is 2.64. The van der Waals surface area contributed by atoms with Gasteiger partial charge in [0.15, 0.2) is 5.13 Å². The lowest BCUT2D eigenvalue weighted by atomic mass is 10.1. The largest absolute Gasteiger partial charge is 0.298 e. The lowest BCUT2D eigenvalue weighted by Crippen LogP contribution is -2.20. The van der Waals surface area contributed by atoms with Crippen molar-refractivity contribution >= 4 is 44.2 Å². The molecule has 1 amide bonds. The molecule has 0 radical (unpaired) electrons. The van der Waals surface area contributed by atoms with Crippen LogP contribution >= 0.6 is 23.1 Å². The molecule has 0 bridgehead atoms. The minimum Gasteiger partial charge on any atom is -0.298 e. The van der Waals surface area contributed by atoms with Crippen LogP contribution in [0, 0.1) is 25.2 Å². The van der Waals surface area contributed by atoms with Gasteiger partial charge in [-0.25, -0.2) is 18.1 Å². The first-order valence-electron chi connectivity index (χ1n) is 7.11. The van der Waals surface area contributed by atoms with Gasteiger partial charge in [0.1, 0.15) is 0 Å². The molecule has 2 aromatic rings. The molecule has 0 saturated carbocycles. The molecule has 0 fully saturated rings. The average molecular weight is 397 g/mol. The number of amides is 1. The molecule has 1 heterocycles. The molecular formula is C15H16N4O3S3. The first kappa shape index (κ1) is 19.4. The van der Waals surface area contributed by atoms with Crippen LogP contribution in [-0.4, -0.2) is 32.1 Å². The van der Waals surface area contributed by atoms with E-state index in [4.69, 9.17) is 5.26 Å². The number of aryl methyl sites for hydroxylation is 2. The van der Waals surface area contributed by atoms with Gasteiger partial charge >= 0.3 is 0 Å². The van der Waals surface area contributed by atoms with E-state index in [9.17, 15) is 13.2 Å². The lowest BCUT2D eigenvalue weighted by Gasteiger charge is -2.08. The Kier molecular flexibility index (Phi) is 6.18. The van der Waals surface area contributed by atoms with Crippen molar-refractivity contribution in [2.75, 3.05) is 18.1 Å². The Morgan fingerprint density at radius 3 is 2.76 bits per heavy atom. The summed E-state index contributed by atoms with van der Waals surface area (Å²) in [6.07, 6.45) is 0. The van der Waals surface area contributed by atoms with Crippen molar-refractivity contribution < 1.29 is 13.2 Å². The topological polar surface area (TPSA) is 112 Å². The number of hydrogen-bond acceptors (Lipinski definition) is 7. The maximum atomic E-state index is 12.5. The van der Waals surface area contributed by atoms with E-state index >= 15 is 0 Å². The molecule has 2 rings (SSSR count). The van der Waals surface area contributed by atoms with Crippen molar-refractivity contribution in [3.63, 3.8) is 0 Å². The number of aromatic nitrogens is 1. The van der Waals surface area contributed by atoms with E-state index < -0.39 is 15.9 Å². The Morgan fingerprint density at radius 1 is 1.40 bits per heavy atom. The standard InChI is InChI=1S/C15H16N4O3S3/c1-9-4-5-11(25(21,22)17-3)8-12(9)13(20)19-15-18-10(2)14(24-15)23-7-6-16/h4-5,8,17H,7H2,1-3H3,(H,18,19,20). The third-order valence-electron chi connectivity index (χ3n) is 3.28. The number of nitrogens with one attached hydrogen (secondary N) is 2. The van der Waals surface area contributed by atoms with Crippen molar-refractivity contribution in [3.05, 3.63) is 35.0 Å². The van der Waals surface area contributed by atoms with Crippen molar-refractivity contribution in [2.45, 2.75) is 23.0 Å². The van der Waals surface area contributed by atoms with Crippen LogP contribution in [0.25, 0.3) is 0 Å². The molecule has 1 aromatic heterocycles. The zero-order chi connectivity index (χ0) is 18.6. The van der Waals surface area contributed by atoms with Crippen LogP contribution < -0.4 is 10.0 Å². The highest BCUT2D eigenvalue weighted by Crippen LogP contribution is 2.32. The summed E-state index contributed by atoms with van der Waals surface area (Å²) < 4.78 is 26.9. The van der Waals surface area contributed by atoms with Gasteiger partial charge < -0.3 is 0 Å². The van der Waals surface area contributed by atoms with Crippen molar-refractivity contribution in [3.8, 4) is 6.07 Å². The Hall–Kier alpha value is -1.93. The Balaban J connectivity index is 2.27. The predicted molar refractivity (Wildman–Crippen MR) is 98.6 cm³/mol. The van der Waals surface area contributed by atoms with Gasteiger partial charge in [-0.3, -0.25) is 10.1 Å². The predicted octanol–water partition coefficient (Wildman–Crippen LogP) is 2.54. The van der Waals surface area contributed by atoms with E-state index in [1.807, 2.05) is 6.07 Å². The van der Waals surface area contributed by atoms with E-state index in [1.54, 1.807) is 19.9 Å². The number of sulfonamides is 1. The molecule has 0 saturated heterocycles. The smallest absolute Gasteiger partial charge is 0.257 e. The highest BCUT2D eigenvalue weighted by atomic mass is 32.2. The van der Waals surface area contributed by atoms with Gasteiger partial charge in [-0.05, 0) is 38.6 Å². The minimum atomic E-state index is -3.63. The van der Waals surface area contributed by atoms with E-state index in [0.717, 1.165) is 9.90 Å². The van der Waals surface area contributed by atoms with Crippen molar-refractivity contribution in [1.29, 1.82) is 5.26 Å². The normalized spacial score (nSPS) is 11.1. The summed E-state index contributed by atoms with van der Waals surface area (Å²) in [5, 5.41) is 11.7. The molecule has 0 aliphatic rings. The maximum absolute atomic E-state index is 12.5. The van der Waals surface area contributed by atoms with Gasteiger partial charge in [-0.1, -0.05) is 29.2 Å². The third-order valence-corrected chi connectivity index (χ3v) is 6.99. The summed E-state index contributed by atoms with van der Waals surface area (Å²) in [5.74, 6) is -0.129. The van der Waals surface area contributed by atoms with E-state index in [1.165, 1.54) is 42.3 Å². The molecule has 2 N–H and O–H groups in total. The Morgan fingerprint density at radius 2 is 2.12 bits per heavy atom. The quantitative estimate of drug-likeness (QED) is 0.726. The number of carbonyl (C=O) groups excluding carboxylic acids is 1. The molecule has 1 aromatic carbocycles. The maximum Gasteiger partial charge on any atom is 0.257 e. The number of thioether (sulfide) groups is 1. The molecule has 0 aliphatic heterocycles. The second-order valence-electron chi connectivity index (χ2n) is 4.98. The summed E-state index contributed by atoms with van der Waals surface area (Å²) in [4.78, 5) is 16.8. The molecular weight excluding hydrogens is 380 g/mol. The van der Waals surface area contributed by atoms with Crippen LogP contribution in [0.3, 0.4) is 0 Å². The second-order valence-corrected chi connectivity index (χ2v) is 9.11. The number of carbonyl (C=O) groups is 1. The summed E-state index contributed by atoms with van der Waals surface area (Å²) in [7, 11) is -2.32. The average Bonchev–Trinajstić information content (AvgIpc) is 2.92. The third kappa shape index (κ3) is 4.58. The molecule has 0 atom stereocenters. The number of rotatable bonds is 6. The van der Waals surface area contributed by atoms with Gasteiger partial charge in [-0.15, -0.1) is 0 Å². The van der Waals surface area contributed by atoms with Gasteiger partial charge in [0.05, 0.1) is 26.6 Å². The first-order chi connectivity index (χ1) is 11.8. The van der Waals surface area contributed by atoms with E-state index in [2.05, 4.69) is 15.0 Å². The molecule has 0 spiro atoms. The fourth-order valence-corrected chi connectivity index (χ4v) is 4.51. The van der Waals surface area contributed by atoms with Crippen molar-refractivity contribution in [1.82, 2.24) is 9.71 Å². The SMILES string of the molecule is CNS(=O)(=O)c1ccc(C)c(C(=O)Nc2nc(C)c(SCC#N)s2)c1. The van der Waals surface area contributed by atoms with Crippen LogP contribution in [0.4, 0.5) is 5.13 Å². The zero-order valence-electron chi connectivity index (χ0n) is 13.8. The second kappa shape index (κ2) is 7.97. The highest BCUT2D eigenvalue weighted by Gasteiger charge is 2.18. The Labute approximate surface area is 154 Å². The van der Waals surface area contributed by atoms with Gasteiger partial charge in [-0.2, -0.15) is 5.26 Å². The number of benzene rings is 1. The zero-order valence-corrected chi connectivity index (χ0v) is 16.2. The molecule has 10 heteroatoms. The fourth-order valence-electron chi connectivity index (χ4n) is 1.96. The number of nitriles is 1. The lowest BCUT2D eigenvalue weighted by molar-refractivity contribution is 0.102. The number of thiazole rings is 1. The first-order valence-corrected chi connectivity index (χ1v) is 10.4. The number of hydrogen-bond donors (Lipinski definition) is 2. The van der Waals surface area contributed by atoms with Crippen molar-refractivity contribution in [2.24, 2.45) is 0 Å². The van der Waals surface area contributed by atoms with Crippen LogP contribution in [-0.2, 0) is 10.0 Å². The molecule has 25 heavy (non-hydrogen) atoms. The van der Waals surface area contributed by atoms with Gasteiger partial charge in [0.2, 0.25) is 10.0 Å². The molecule has 7 nitrogen and oxygen atoms in total. The van der Waals surface area contributed by atoms with E-state index in [-0.39, 0.29) is 10.5 Å². The van der Waals surface area contributed by atoms with Crippen LogP contribution in [0.1, 0.15) is 21.6 Å². The van der Waals surface area contributed by atoms with Gasteiger partial charge in [0.25, 0.3) is 5.91 Å². The molecule has 0 unspecified atom stereocenters. The molecule has 132 valence electrons. The van der Waals surface area contributed by atoms with Gasteiger partial charge in [0, 0.05) is 5.56 Å². The Bertz CT molecular complexity index is 945. The summed E-state index contributed by atoms with van der Waals surface area (Å²) in [6, 6.07) is 6.41. The fraction of sp³-hybridized carbons (Fsp3) is 0.267. The highest BCUT2D eigenvalue weighted by molar-refractivity contribution is 8.01. The van der Waals surface area contributed by atoms with Crippen LogP contribution in [0.5, 0.6) is 0 Å². The summed E-state index contributed by atoms with van der Waals surface area (Å²) in [5.41, 5.74) is 1.65. The minimum absolute atomic E-state index is 0.0198. The monoisotopic (exact) mass is 396 g/mol. The number of anilines is 1. The van der Waals surface area contributed by atoms with Crippen LogP contribution in [0.2, 0.25) is 0 Å².